The molecule has 3 heterocycles. The number of aliphatic hydroxyl groups excluding tert-OH is 1. The molecule has 0 amide bonds. The summed E-state index contributed by atoms with van der Waals surface area (Å²) >= 11 is 6.08. The molecule has 1 aliphatic rings. The first kappa shape index (κ1) is 20.5. The van der Waals surface area contributed by atoms with Crippen LogP contribution in [0.2, 0.25) is 5.02 Å². The van der Waals surface area contributed by atoms with Gasteiger partial charge in [0.05, 0.1) is 31.0 Å². The van der Waals surface area contributed by atoms with Crippen molar-refractivity contribution in [3.63, 3.8) is 0 Å². The number of benzene rings is 1. The van der Waals surface area contributed by atoms with Gasteiger partial charge in [-0.15, -0.1) is 0 Å². The van der Waals surface area contributed by atoms with Gasteiger partial charge >= 0.3 is 0 Å². The molecule has 0 saturated carbocycles. The molecular formula is C23H25ClN4O2. The predicted molar refractivity (Wildman–Crippen MR) is 120 cm³/mol. The second-order valence-electron chi connectivity index (χ2n) is 7.32. The fraction of sp³-hybridized carbons (Fsp3) is 0.261. The molecule has 2 atom stereocenters. The highest BCUT2D eigenvalue weighted by Crippen LogP contribution is 2.22. The molecule has 1 fully saturated rings. The van der Waals surface area contributed by atoms with E-state index in [0.717, 1.165) is 41.4 Å². The summed E-state index contributed by atoms with van der Waals surface area (Å²) in [5.74, 6) is 0.830. The SMILES string of the molecule is C=C(N[C@H](CO)c1cccc(Cl)c1)c1ccn(-c2ccnc(NC3CCOC3)c2)c1. The number of hydrogen-bond donors (Lipinski definition) is 3. The van der Waals surface area contributed by atoms with Crippen LogP contribution in [0.15, 0.2) is 67.6 Å². The highest BCUT2D eigenvalue weighted by atomic mass is 35.5. The van der Waals surface area contributed by atoms with E-state index in [1.165, 1.54) is 0 Å². The molecule has 3 aromatic rings. The van der Waals surface area contributed by atoms with Crippen molar-refractivity contribution >= 4 is 23.1 Å². The number of anilines is 1. The van der Waals surface area contributed by atoms with E-state index in [-0.39, 0.29) is 12.6 Å². The number of aromatic nitrogens is 2. The summed E-state index contributed by atoms with van der Waals surface area (Å²) in [5, 5.41) is 17.2. The molecule has 2 aromatic heterocycles. The fourth-order valence-electron chi connectivity index (χ4n) is 3.50. The van der Waals surface area contributed by atoms with E-state index in [0.29, 0.717) is 17.7 Å². The lowest BCUT2D eigenvalue weighted by molar-refractivity contribution is 0.195. The van der Waals surface area contributed by atoms with E-state index in [4.69, 9.17) is 16.3 Å². The van der Waals surface area contributed by atoms with Crippen molar-refractivity contribution in [1.29, 1.82) is 0 Å². The van der Waals surface area contributed by atoms with E-state index < -0.39 is 0 Å². The average Bonchev–Trinajstić information content (AvgIpc) is 3.44. The first-order chi connectivity index (χ1) is 14.6. The smallest absolute Gasteiger partial charge is 0.128 e. The molecule has 6 nitrogen and oxygen atoms in total. The second kappa shape index (κ2) is 9.34. The number of pyridine rings is 1. The maximum Gasteiger partial charge on any atom is 0.128 e. The van der Waals surface area contributed by atoms with E-state index in [2.05, 4.69) is 22.2 Å². The number of halogens is 1. The maximum absolute atomic E-state index is 9.82. The zero-order valence-corrected chi connectivity index (χ0v) is 17.3. The molecule has 0 spiro atoms. The first-order valence-corrected chi connectivity index (χ1v) is 10.3. The van der Waals surface area contributed by atoms with Crippen LogP contribution in [0.25, 0.3) is 11.4 Å². The predicted octanol–water partition coefficient (Wildman–Crippen LogP) is 4.02. The van der Waals surface area contributed by atoms with E-state index in [1.54, 1.807) is 6.20 Å². The third-order valence-electron chi connectivity index (χ3n) is 5.15. The molecule has 4 rings (SSSR count). The van der Waals surface area contributed by atoms with Gasteiger partial charge in [0.25, 0.3) is 0 Å². The van der Waals surface area contributed by atoms with Crippen molar-refractivity contribution in [2.45, 2.75) is 18.5 Å². The Morgan fingerprint density at radius 1 is 1.33 bits per heavy atom. The highest BCUT2D eigenvalue weighted by molar-refractivity contribution is 6.30. The largest absolute Gasteiger partial charge is 0.394 e. The van der Waals surface area contributed by atoms with Crippen molar-refractivity contribution in [3.05, 3.63) is 83.8 Å². The Balaban J connectivity index is 1.46. The summed E-state index contributed by atoms with van der Waals surface area (Å²) in [4.78, 5) is 4.41. The molecule has 3 N–H and O–H groups in total. The summed E-state index contributed by atoms with van der Waals surface area (Å²) in [7, 11) is 0. The number of nitrogens with one attached hydrogen (secondary N) is 2. The van der Waals surface area contributed by atoms with Crippen LogP contribution < -0.4 is 10.6 Å². The van der Waals surface area contributed by atoms with Gasteiger partial charge in [-0.25, -0.2) is 4.98 Å². The van der Waals surface area contributed by atoms with Crippen LogP contribution in [0.1, 0.15) is 23.6 Å². The third kappa shape index (κ3) is 4.84. The normalized spacial score (nSPS) is 16.9. The molecule has 7 heteroatoms. The number of rotatable bonds is 8. The minimum absolute atomic E-state index is 0.0651. The van der Waals surface area contributed by atoms with Gasteiger partial charge in [-0.2, -0.15) is 0 Å². The topological polar surface area (TPSA) is 71.3 Å². The Morgan fingerprint density at radius 3 is 3.00 bits per heavy atom. The van der Waals surface area contributed by atoms with Crippen molar-refractivity contribution < 1.29 is 9.84 Å². The molecule has 1 unspecified atom stereocenters. The van der Waals surface area contributed by atoms with Crippen LogP contribution in [0.4, 0.5) is 5.82 Å². The van der Waals surface area contributed by atoms with Crippen LogP contribution in [-0.2, 0) is 4.74 Å². The third-order valence-corrected chi connectivity index (χ3v) is 5.38. The van der Waals surface area contributed by atoms with Crippen molar-refractivity contribution in [1.82, 2.24) is 14.9 Å². The van der Waals surface area contributed by atoms with Crippen LogP contribution in [0.5, 0.6) is 0 Å². The van der Waals surface area contributed by atoms with Crippen molar-refractivity contribution in [2.24, 2.45) is 0 Å². The average molecular weight is 425 g/mol. The summed E-state index contributed by atoms with van der Waals surface area (Å²) in [6.45, 7) is 5.58. The van der Waals surface area contributed by atoms with Gasteiger partial charge < -0.3 is 25.0 Å². The van der Waals surface area contributed by atoms with E-state index in [9.17, 15) is 5.11 Å². The molecular weight excluding hydrogens is 400 g/mol. The lowest BCUT2D eigenvalue weighted by Crippen LogP contribution is -2.22. The Morgan fingerprint density at radius 2 is 2.23 bits per heavy atom. The molecule has 1 saturated heterocycles. The zero-order valence-electron chi connectivity index (χ0n) is 16.6. The van der Waals surface area contributed by atoms with Crippen molar-refractivity contribution in [3.8, 4) is 5.69 Å². The van der Waals surface area contributed by atoms with Crippen LogP contribution in [0, 0.1) is 0 Å². The van der Waals surface area contributed by atoms with Gasteiger partial charge in [0, 0.05) is 47.5 Å². The lowest BCUT2D eigenvalue weighted by Gasteiger charge is -2.19. The molecule has 156 valence electrons. The Hall–Kier alpha value is -2.80. The number of aliphatic hydroxyl groups is 1. The fourth-order valence-corrected chi connectivity index (χ4v) is 3.70. The Labute approximate surface area is 181 Å². The standard InChI is InChI=1S/C23H25ClN4O2/c1-16(26-22(14-29)17-3-2-4-19(24)11-17)18-6-9-28(13-18)21-5-8-25-23(12-21)27-20-7-10-30-15-20/h2-6,8-9,11-13,20,22,26,29H,1,7,10,14-15H2,(H,25,27)/t20?,22-/m1/s1. The van der Waals surface area contributed by atoms with Gasteiger partial charge in [0.2, 0.25) is 0 Å². The first-order valence-electron chi connectivity index (χ1n) is 9.93. The summed E-state index contributed by atoms with van der Waals surface area (Å²) < 4.78 is 7.44. The van der Waals surface area contributed by atoms with Gasteiger partial charge in [-0.1, -0.05) is 30.3 Å². The van der Waals surface area contributed by atoms with Gasteiger partial charge in [0.1, 0.15) is 5.82 Å². The lowest BCUT2D eigenvalue weighted by atomic mass is 10.1. The molecule has 0 radical (unpaired) electrons. The molecule has 0 aliphatic carbocycles. The zero-order chi connectivity index (χ0) is 20.9. The van der Waals surface area contributed by atoms with Crippen LogP contribution >= 0.6 is 11.6 Å². The Bertz CT molecular complexity index is 1010. The van der Waals surface area contributed by atoms with Crippen molar-refractivity contribution in [2.75, 3.05) is 25.1 Å². The second-order valence-corrected chi connectivity index (χ2v) is 7.76. The molecule has 0 bridgehead atoms. The van der Waals surface area contributed by atoms with Crippen LogP contribution in [0.3, 0.4) is 0 Å². The summed E-state index contributed by atoms with van der Waals surface area (Å²) in [5.41, 5.74) is 3.57. The summed E-state index contributed by atoms with van der Waals surface area (Å²) in [6, 6.07) is 13.4. The quantitative estimate of drug-likeness (QED) is 0.509. The minimum Gasteiger partial charge on any atom is -0.394 e. The Kier molecular flexibility index (Phi) is 6.38. The molecule has 30 heavy (non-hydrogen) atoms. The maximum atomic E-state index is 9.82. The van der Waals surface area contributed by atoms with Crippen LogP contribution in [-0.4, -0.2) is 40.5 Å². The van der Waals surface area contributed by atoms with Gasteiger partial charge in [-0.3, -0.25) is 0 Å². The minimum atomic E-state index is -0.287. The summed E-state index contributed by atoms with van der Waals surface area (Å²) in [6.07, 6.45) is 6.76. The number of hydrogen-bond acceptors (Lipinski definition) is 5. The van der Waals surface area contributed by atoms with E-state index >= 15 is 0 Å². The molecule has 1 aliphatic heterocycles. The van der Waals surface area contributed by atoms with Gasteiger partial charge in [-0.05, 0) is 36.2 Å². The number of nitrogens with zero attached hydrogens (tertiary/aromatic N) is 2. The van der Waals surface area contributed by atoms with E-state index in [1.807, 2.05) is 59.4 Å². The number of ether oxygens (including phenoxy) is 1. The monoisotopic (exact) mass is 424 g/mol. The van der Waals surface area contributed by atoms with Gasteiger partial charge in [0.15, 0.2) is 0 Å². The highest BCUT2D eigenvalue weighted by Gasteiger charge is 2.16. The molecule has 1 aromatic carbocycles.